The summed E-state index contributed by atoms with van der Waals surface area (Å²) in [5.41, 5.74) is 0. The van der Waals surface area contributed by atoms with Gasteiger partial charge in [0.15, 0.2) is 4.90 Å². The maximum Gasteiger partial charge on any atom is 0.343 e. The Kier molecular flexibility index (Phi) is 4.53. The van der Waals surface area contributed by atoms with E-state index in [1.165, 1.54) is 6.92 Å². The van der Waals surface area contributed by atoms with Crippen LogP contribution in [0.1, 0.15) is 33.1 Å². The molecular weight excluding hydrogens is 230 g/mol. The van der Waals surface area contributed by atoms with Crippen molar-refractivity contribution in [2.24, 2.45) is 0 Å². The van der Waals surface area contributed by atoms with E-state index in [9.17, 15) is 9.13 Å². The first-order valence-electron chi connectivity index (χ1n) is 4.23. The van der Waals surface area contributed by atoms with E-state index in [0.29, 0.717) is 6.42 Å². The molecule has 14 heavy (non-hydrogen) atoms. The van der Waals surface area contributed by atoms with Gasteiger partial charge in [0.2, 0.25) is 0 Å². The van der Waals surface area contributed by atoms with E-state index in [1.54, 1.807) is 6.92 Å². The lowest BCUT2D eigenvalue weighted by Crippen LogP contribution is -2.27. The molecule has 0 saturated heterocycles. The Morgan fingerprint density at radius 3 is 1.43 bits per heavy atom. The maximum absolute atomic E-state index is 11.1. The highest BCUT2D eigenvalue weighted by Gasteiger charge is 2.57. The zero-order valence-corrected chi connectivity index (χ0v) is 9.91. The molecule has 86 valence electrons. The van der Waals surface area contributed by atoms with E-state index in [0.717, 1.165) is 0 Å². The van der Waals surface area contributed by atoms with Crippen molar-refractivity contribution in [1.29, 1.82) is 0 Å². The minimum absolute atomic E-state index is 0.182. The monoisotopic (exact) mass is 246 g/mol. The first kappa shape index (κ1) is 14.3. The van der Waals surface area contributed by atoms with Crippen LogP contribution in [0.25, 0.3) is 0 Å². The van der Waals surface area contributed by atoms with Gasteiger partial charge in [-0.2, -0.15) is 0 Å². The molecule has 0 atom stereocenters. The third-order valence-corrected chi connectivity index (χ3v) is 7.11. The Hall–Kier alpha value is 0.300. The van der Waals surface area contributed by atoms with Crippen LogP contribution in [0.3, 0.4) is 0 Å². The normalized spacial score (nSPS) is 14.4. The van der Waals surface area contributed by atoms with Gasteiger partial charge in [0.05, 0.1) is 0 Å². The Bertz CT molecular complexity index is 254. The second kappa shape index (κ2) is 4.44. The summed E-state index contributed by atoms with van der Waals surface area (Å²) in [7, 11) is -9.62. The maximum atomic E-state index is 11.1. The zero-order chi connectivity index (χ0) is 11.6. The lowest BCUT2D eigenvalue weighted by Gasteiger charge is -2.33. The zero-order valence-electron chi connectivity index (χ0n) is 8.12. The molecule has 0 aliphatic rings. The van der Waals surface area contributed by atoms with Crippen LogP contribution in [0.5, 0.6) is 0 Å². The lowest BCUT2D eigenvalue weighted by molar-refractivity contribution is 0.297. The molecule has 6 nitrogen and oxygen atoms in total. The van der Waals surface area contributed by atoms with Crippen molar-refractivity contribution in [2.75, 3.05) is 0 Å². The molecule has 0 aromatic rings. The lowest BCUT2D eigenvalue weighted by atomic mass is 10.2. The van der Waals surface area contributed by atoms with Gasteiger partial charge in [0, 0.05) is 0 Å². The van der Waals surface area contributed by atoms with Gasteiger partial charge in [-0.05, 0) is 12.8 Å². The van der Waals surface area contributed by atoms with Crippen LogP contribution in [0.2, 0.25) is 0 Å². The smallest absolute Gasteiger partial charge is 0.324 e. The largest absolute Gasteiger partial charge is 0.343 e. The van der Waals surface area contributed by atoms with E-state index >= 15 is 0 Å². The highest BCUT2D eigenvalue weighted by atomic mass is 31.2. The van der Waals surface area contributed by atoms with Gasteiger partial charge < -0.3 is 19.6 Å². The molecule has 0 rings (SSSR count). The highest BCUT2D eigenvalue weighted by Crippen LogP contribution is 2.72. The van der Waals surface area contributed by atoms with E-state index in [-0.39, 0.29) is 12.8 Å². The summed E-state index contributed by atoms with van der Waals surface area (Å²) in [6.45, 7) is 2.99. The van der Waals surface area contributed by atoms with Crippen molar-refractivity contribution in [3.8, 4) is 0 Å². The van der Waals surface area contributed by atoms with Crippen LogP contribution < -0.4 is 0 Å². The predicted molar refractivity (Wildman–Crippen MR) is 52.0 cm³/mol. The molecule has 0 bridgehead atoms. The third kappa shape index (κ3) is 2.45. The molecule has 8 heteroatoms. The molecule has 0 unspecified atom stereocenters. The van der Waals surface area contributed by atoms with E-state index in [4.69, 9.17) is 19.6 Å². The summed E-state index contributed by atoms with van der Waals surface area (Å²) in [5, 5.41) is 0. The predicted octanol–water partition coefficient (Wildman–Crippen LogP) is 1.25. The van der Waals surface area contributed by atoms with Gasteiger partial charge in [0.25, 0.3) is 0 Å². The van der Waals surface area contributed by atoms with Gasteiger partial charge in [-0.1, -0.05) is 20.3 Å². The van der Waals surface area contributed by atoms with Crippen LogP contribution in [0.4, 0.5) is 0 Å². The van der Waals surface area contributed by atoms with E-state index in [1.807, 2.05) is 0 Å². The summed E-state index contributed by atoms with van der Waals surface area (Å²) in [5.74, 6) is 0. The quantitative estimate of drug-likeness (QED) is 0.542. The van der Waals surface area contributed by atoms with Gasteiger partial charge in [0.1, 0.15) is 0 Å². The number of rotatable bonds is 5. The van der Waals surface area contributed by atoms with Crippen LogP contribution in [-0.4, -0.2) is 24.5 Å². The topological polar surface area (TPSA) is 115 Å². The molecule has 0 saturated carbocycles. The Labute approximate surface area is 82.7 Å². The fourth-order valence-corrected chi connectivity index (χ4v) is 4.66. The third-order valence-electron chi connectivity index (χ3n) is 2.30. The highest BCUT2D eigenvalue weighted by molar-refractivity contribution is 7.72. The minimum atomic E-state index is -4.81. The molecule has 0 aliphatic heterocycles. The van der Waals surface area contributed by atoms with E-state index in [2.05, 4.69) is 0 Å². The minimum Gasteiger partial charge on any atom is -0.324 e. The summed E-state index contributed by atoms with van der Waals surface area (Å²) in [4.78, 5) is 33.9. The summed E-state index contributed by atoms with van der Waals surface area (Å²) in [6.07, 6.45) is -0.114. The summed E-state index contributed by atoms with van der Waals surface area (Å²) >= 11 is 0. The average Bonchev–Trinajstić information content (AvgIpc) is 1.94. The van der Waals surface area contributed by atoms with Crippen molar-refractivity contribution >= 4 is 15.2 Å². The molecule has 0 aromatic carbocycles. The molecule has 0 heterocycles. The average molecular weight is 246 g/mol. The molecule has 0 aliphatic carbocycles. The summed E-state index contributed by atoms with van der Waals surface area (Å²) in [6, 6.07) is 0. The van der Waals surface area contributed by atoms with Gasteiger partial charge >= 0.3 is 15.2 Å². The molecule has 0 fully saturated rings. The van der Waals surface area contributed by atoms with Crippen molar-refractivity contribution < 1.29 is 28.7 Å². The van der Waals surface area contributed by atoms with Crippen molar-refractivity contribution in [3.05, 3.63) is 0 Å². The molecule has 4 N–H and O–H groups in total. The second-order valence-electron chi connectivity index (χ2n) is 3.17. The van der Waals surface area contributed by atoms with Crippen LogP contribution in [0, 0.1) is 0 Å². The molecular formula is C6H16O6P2. The second-order valence-corrected chi connectivity index (χ2v) is 7.42. The molecule has 0 amide bonds. The van der Waals surface area contributed by atoms with Crippen LogP contribution in [0.15, 0.2) is 0 Å². The van der Waals surface area contributed by atoms with Crippen molar-refractivity contribution in [1.82, 2.24) is 0 Å². The van der Waals surface area contributed by atoms with Crippen LogP contribution >= 0.6 is 15.2 Å². The fourth-order valence-electron chi connectivity index (χ4n) is 1.45. The van der Waals surface area contributed by atoms with Crippen LogP contribution in [-0.2, 0) is 9.13 Å². The van der Waals surface area contributed by atoms with Crippen molar-refractivity contribution in [3.63, 3.8) is 0 Å². The summed E-state index contributed by atoms with van der Waals surface area (Å²) < 4.78 is 22.2. The first-order valence-corrected chi connectivity index (χ1v) is 7.46. The van der Waals surface area contributed by atoms with Gasteiger partial charge in [-0.25, -0.2) is 0 Å². The fraction of sp³-hybridized carbons (Fsp3) is 1.00. The molecule has 0 aromatic heterocycles. The number of hydrogen-bond acceptors (Lipinski definition) is 2. The van der Waals surface area contributed by atoms with Gasteiger partial charge in [-0.3, -0.25) is 9.13 Å². The number of hydrogen-bond donors (Lipinski definition) is 4. The standard InChI is InChI=1S/C6H16O6P2/c1-3-5-6(4-2,13(7,8)9)14(10,11)12/h3-5H2,1-2H3,(H2,7,8,9)(H2,10,11,12). The Morgan fingerprint density at radius 2 is 1.36 bits per heavy atom. The van der Waals surface area contributed by atoms with E-state index < -0.39 is 20.1 Å². The first-order chi connectivity index (χ1) is 6.12. The molecule has 0 radical (unpaired) electrons. The molecule has 0 spiro atoms. The SMILES string of the molecule is CCCC(CC)(P(=O)(O)O)P(=O)(O)O. The Morgan fingerprint density at radius 1 is 1.00 bits per heavy atom. The van der Waals surface area contributed by atoms with Gasteiger partial charge in [-0.15, -0.1) is 0 Å². The Balaban J connectivity index is 5.45. The van der Waals surface area contributed by atoms with Crippen molar-refractivity contribution in [2.45, 2.75) is 38.0 Å².